The topological polar surface area (TPSA) is 29.1 Å². The quantitative estimate of drug-likeness (QED) is 0.851. The zero-order valence-electron chi connectivity index (χ0n) is 10.9. The van der Waals surface area contributed by atoms with Gasteiger partial charge in [0, 0.05) is 5.92 Å². The van der Waals surface area contributed by atoms with Crippen LogP contribution in [-0.2, 0) is 17.6 Å². The number of benzene rings is 1. The number of carbonyl (C=O) groups excluding carboxylic acids is 1. The first-order valence-electron chi connectivity index (χ1n) is 6.50. The van der Waals surface area contributed by atoms with Crippen LogP contribution < -0.4 is 5.32 Å². The number of fused-ring (bicyclic) bond motifs is 1. The van der Waals surface area contributed by atoms with Gasteiger partial charge in [0.2, 0.25) is 5.91 Å². The molecule has 2 nitrogen and oxygen atoms in total. The molecule has 17 heavy (non-hydrogen) atoms. The van der Waals surface area contributed by atoms with Crippen molar-refractivity contribution in [3.05, 3.63) is 34.9 Å². The molecule has 0 saturated carbocycles. The van der Waals surface area contributed by atoms with Gasteiger partial charge in [0.1, 0.15) is 0 Å². The van der Waals surface area contributed by atoms with Crippen molar-refractivity contribution in [1.82, 2.24) is 5.32 Å². The fourth-order valence-corrected chi connectivity index (χ4v) is 2.32. The van der Waals surface area contributed by atoms with Crippen LogP contribution in [-0.4, -0.2) is 5.91 Å². The number of hydrogen-bond donors (Lipinski definition) is 1. The average Bonchev–Trinajstić information content (AvgIpc) is 2.75. The summed E-state index contributed by atoms with van der Waals surface area (Å²) in [5.41, 5.74) is 4.17. The largest absolute Gasteiger partial charge is 0.349 e. The van der Waals surface area contributed by atoms with Gasteiger partial charge >= 0.3 is 0 Å². The smallest absolute Gasteiger partial charge is 0.223 e. The van der Waals surface area contributed by atoms with Crippen LogP contribution in [0.2, 0.25) is 0 Å². The third kappa shape index (κ3) is 2.68. The fraction of sp³-hybridized carbons (Fsp3) is 0.533. The van der Waals surface area contributed by atoms with Gasteiger partial charge in [-0.25, -0.2) is 0 Å². The van der Waals surface area contributed by atoms with Crippen molar-refractivity contribution in [2.45, 2.75) is 46.1 Å². The average molecular weight is 231 g/mol. The zero-order chi connectivity index (χ0) is 12.4. The molecule has 0 heterocycles. The first kappa shape index (κ1) is 12.2. The second-order valence-corrected chi connectivity index (χ2v) is 5.27. The zero-order valence-corrected chi connectivity index (χ0v) is 10.9. The minimum absolute atomic E-state index is 0.0480. The standard InChI is InChI=1S/C15H21NO/c1-10(2)15(17)16-11(3)13-8-7-12-5-4-6-14(12)9-13/h7-11H,4-6H2,1-3H3,(H,16,17). The van der Waals surface area contributed by atoms with Gasteiger partial charge in [-0.3, -0.25) is 4.79 Å². The Kier molecular flexibility index (Phi) is 3.51. The SMILES string of the molecule is CC(C)C(=O)NC(C)c1ccc2c(c1)CCC2. The molecule has 0 saturated heterocycles. The van der Waals surface area contributed by atoms with E-state index in [0.717, 1.165) is 0 Å². The number of carbonyl (C=O) groups is 1. The first-order chi connectivity index (χ1) is 8.08. The van der Waals surface area contributed by atoms with E-state index in [0.29, 0.717) is 0 Å². The lowest BCUT2D eigenvalue weighted by Crippen LogP contribution is -2.30. The predicted molar refractivity (Wildman–Crippen MR) is 69.9 cm³/mol. The van der Waals surface area contributed by atoms with Gasteiger partial charge in [-0.2, -0.15) is 0 Å². The third-order valence-electron chi connectivity index (χ3n) is 3.51. The Hall–Kier alpha value is -1.31. The number of amides is 1. The lowest BCUT2D eigenvalue weighted by atomic mass is 10.0. The van der Waals surface area contributed by atoms with Crippen molar-refractivity contribution in [2.75, 3.05) is 0 Å². The van der Waals surface area contributed by atoms with Gasteiger partial charge in [0.25, 0.3) is 0 Å². The molecule has 92 valence electrons. The second kappa shape index (κ2) is 4.91. The molecular formula is C15H21NO. The molecule has 0 aromatic heterocycles. The molecule has 0 bridgehead atoms. The van der Waals surface area contributed by atoms with E-state index >= 15 is 0 Å². The van der Waals surface area contributed by atoms with Crippen LogP contribution in [0.25, 0.3) is 0 Å². The lowest BCUT2D eigenvalue weighted by molar-refractivity contribution is -0.124. The van der Waals surface area contributed by atoms with Crippen molar-refractivity contribution in [3.63, 3.8) is 0 Å². The van der Waals surface area contributed by atoms with Crippen LogP contribution in [0, 0.1) is 5.92 Å². The highest BCUT2D eigenvalue weighted by Gasteiger charge is 2.15. The minimum Gasteiger partial charge on any atom is -0.349 e. The number of nitrogens with one attached hydrogen (secondary N) is 1. The highest BCUT2D eigenvalue weighted by atomic mass is 16.1. The van der Waals surface area contributed by atoms with Gasteiger partial charge < -0.3 is 5.32 Å². The van der Waals surface area contributed by atoms with Crippen LogP contribution >= 0.6 is 0 Å². The molecule has 1 N–H and O–H groups in total. The van der Waals surface area contributed by atoms with E-state index in [9.17, 15) is 4.79 Å². The highest BCUT2D eigenvalue weighted by molar-refractivity contribution is 5.78. The van der Waals surface area contributed by atoms with Gasteiger partial charge in [-0.05, 0) is 42.9 Å². The maximum Gasteiger partial charge on any atom is 0.223 e. The van der Waals surface area contributed by atoms with Crippen molar-refractivity contribution >= 4 is 5.91 Å². The minimum atomic E-state index is 0.0480. The van der Waals surface area contributed by atoms with E-state index in [2.05, 4.69) is 30.4 Å². The van der Waals surface area contributed by atoms with Crippen LogP contribution in [0.5, 0.6) is 0 Å². The Morgan fingerprint density at radius 3 is 2.59 bits per heavy atom. The Balaban J connectivity index is 2.09. The summed E-state index contributed by atoms with van der Waals surface area (Å²) < 4.78 is 0. The van der Waals surface area contributed by atoms with E-state index in [1.54, 1.807) is 0 Å². The summed E-state index contributed by atoms with van der Waals surface area (Å²) in [5, 5.41) is 3.05. The third-order valence-corrected chi connectivity index (χ3v) is 3.51. The van der Waals surface area contributed by atoms with Gasteiger partial charge in [-0.15, -0.1) is 0 Å². The molecular weight excluding hydrogens is 210 g/mol. The molecule has 1 amide bonds. The van der Waals surface area contributed by atoms with Crippen molar-refractivity contribution in [3.8, 4) is 0 Å². The molecule has 2 rings (SSSR count). The van der Waals surface area contributed by atoms with E-state index < -0.39 is 0 Å². The van der Waals surface area contributed by atoms with Crippen LogP contribution in [0.4, 0.5) is 0 Å². The Morgan fingerprint density at radius 2 is 1.88 bits per heavy atom. The van der Waals surface area contributed by atoms with Gasteiger partial charge in [-0.1, -0.05) is 32.0 Å². The van der Waals surface area contributed by atoms with Crippen molar-refractivity contribution < 1.29 is 4.79 Å². The Morgan fingerprint density at radius 1 is 1.18 bits per heavy atom. The molecule has 0 fully saturated rings. The monoisotopic (exact) mass is 231 g/mol. The van der Waals surface area contributed by atoms with Gasteiger partial charge in [0.05, 0.1) is 6.04 Å². The molecule has 2 heteroatoms. The van der Waals surface area contributed by atoms with Gasteiger partial charge in [0.15, 0.2) is 0 Å². The van der Waals surface area contributed by atoms with Crippen LogP contribution in [0.3, 0.4) is 0 Å². The molecule has 0 radical (unpaired) electrons. The highest BCUT2D eigenvalue weighted by Crippen LogP contribution is 2.25. The van der Waals surface area contributed by atoms with Crippen LogP contribution in [0.1, 0.15) is 49.9 Å². The number of hydrogen-bond acceptors (Lipinski definition) is 1. The Bertz CT molecular complexity index is 423. The van der Waals surface area contributed by atoms with E-state index in [-0.39, 0.29) is 17.9 Å². The summed E-state index contributed by atoms with van der Waals surface area (Å²) in [6.45, 7) is 5.90. The lowest BCUT2D eigenvalue weighted by Gasteiger charge is -2.17. The summed E-state index contributed by atoms with van der Waals surface area (Å²) in [6, 6.07) is 6.73. The summed E-state index contributed by atoms with van der Waals surface area (Å²) in [7, 11) is 0. The Labute approximate surface area is 103 Å². The molecule has 1 aliphatic carbocycles. The number of aryl methyl sites for hydroxylation is 2. The summed E-state index contributed by atoms with van der Waals surface area (Å²) in [5.74, 6) is 0.171. The molecule has 0 spiro atoms. The maximum absolute atomic E-state index is 11.6. The normalized spacial score (nSPS) is 15.8. The summed E-state index contributed by atoms with van der Waals surface area (Å²) in [6.07, 6.45) is 3.67. The summed E-state index contributed by atoms with van der Waals surface area (Å²) >= 11 is 0. The van der Waals surface area contributed by atoms with E-state index in [4.69, 9.17) is 0 Å². The van der Waals surface area contributed by atoms with Crippen molar-refractivity contribution in [1.29, 1.82) is 0 Å². The summed E-state index contributed by atoms with van der Waals surface area (Å²) in [4.78, 5) is 11.6. The molecule has 1 aromatic rings. The first-order valence-corrected chi connectivity index (χ1v) is 6.50. The maximum atomic E-state index is 11.6. The molecule has 1 aliphatic rings. The molecule has 1 unspecified atom stereocenters. The molecule has 0 aliphatic heterocycles. The number of rotatable bonds is 3. The van der Waals surface area contributed by atoms with E-state index in [1.165, 1.54) is 36.0 Å². The molecule has 1 aromatic carbocycles. The van der Waals surface area contributed by atoms with E-state index in [1.807, 2.05) is 13.8 Å². The predicted octanol–water partition coefficient (Wildman–Crippen LogP) is 3.01. The second-order valence-electron chi connectivity index (χ2n) is 5.27. The molecule has 1 atom stereocenters. The fourth-order valence-electron chi connectivity index (χ4n) is 2.32. The van der Waals surface area contributed by atoms with Crippen molar-refractivity contribution in [2.24, 2.45) is 5.92 Å². The van der Waals surface area contributed by atoms with Crippen LogP contribution in [0.15, 0.2) is 18.2 Å².